The first-order chi connectivity index (χ1) is 12.3. The van der Waals surface area contributed by atoms with Gasteiger partial charge in [0, 0.05) is 24.5 Å². The van der Waals surface area contributed by atoms with Crippen LogP contribution in [0.3, 0.4) is 0 Å². The van der Waals surface area contributed by atoms with Crippen LogP contribution in [0.15, 0.2) is 60.2 Å². The molecule has 0 N–H and O–H groups in total. The van der Waals surface area contributed by atoms with E-state index in [1.54, 1.807) is 7.11 Å². The van der Waals surface area contributed by atoms with Crippen molar-refractivity contribution in [2.75, 3.05) is 13.7 Å². The first kappa shape index (κ1) is 17.1. The highest BCUT2D eigenvalue weighted by molar-refractivity contribution is 5.69. The number of benzene rings is 2. The van der Waals surface area contributed by atoms with Gasteiger partial charge in [-0.15, -0.1) is 0 Å². The van der Waals surface area contributed by atoms with Gasteiger partial charge >= 0.3 is 0 Å². The number of hydrogen-bond acceptors (Lipinski definition) is 4. The van der Waals surface area contributed by atoms with Crippen LogP contribution in [0.25, 0.3) is 5.76 Å². The molecule has 0 unspecified atom stereocenters. The molecule has 4 nitrogen and oxygen atoms in total. The van der Waals surface area contributed by atoms with Gasteiger partial charge in [-0.25, -0.2) is 0 Å². The summed E-state index contributed by atoms with van der Waals surface area (Å²) in [7, 11) is 1.64. The molecule has 2 atom stereocenters. The molecule has 4 heteroatoms. The van der Waals surface area contributed by atoms with Gasteiger partial charge in [0.2, 0.25) is 6.29 Å². The van der Waals surface area contributed by atoms with Crippen molar-refractivity contribution in [3.8, 4) is 11.8 Å². The summed E-state index contributed by atoms with van der Waals surface area (Å²) in [5.74, 6) is 1.33. The fourth-order valence-electron chi connectivity index (χ4n) is 3.08. The minimum atomic E-state index is -0.371. The Hall–Kier alpha value is -2.77. The van der Waals surface area contributed by atoms with E-state index in [0.29, 0.717) is 24.4 Å². The SMILES string of the molecule is CCO[C@@H]1C[C@H](c2ccc(OC)cc2)C(C#N)=C(c2ccccc2)O1. The first-order valence-corrected chi connectivity index (χ1v) is 8.38. The molecular weight excluding hydrogens is 314 g/mol. The lowest BCUT2D eigenvalue weighted by Crippen LogP contribution is -2.26. The van der Waals surface area contributed by atoms with E-state index in [9.17, 15) is 5.26 Å². The molecule has 2 aromatic carbocycles. The third-order valence-corrected chi connectivity index (χ3v) is 4.30. The van der Waals surface area contributed by atoms with Gasteiger partial charge < -0.3 is 14.2 Å². The average molecular weight is 335 g/mol. The van der Waals surface area contributed by atoms with Crippen LogP contribution in [0, 0.1) is 11.3 Å². The van der Waals surface area contributed by atoms with Crippen LogP contribution in [0.4, 0.5) is 0 Å². The zero-order valence-electron chi connectivity index (χ0n) is 14.4. The van der Waals surface area contributed by atoms with Crippen molar-refractivity contribution in [3.63, 3.8) is 0 Å². The summed E-state index contributed by atoms with van der Waals surface area (Å²) in [6.07, 6.45) is 0.240. The van der Waals surface area contributed by atoms with E-state index in [1.807, 2.05) is 61.5 Å². The van der Waals surface area contributed by atoms with Crippen molar-refractivity contribution in [1.82, 2.24) is 0 Å². The van der Waals surface area contributed by atoms with E-state index in [-0.39, 0.29) is 12.2 Å². The number of nitrogens with zero attached hydrogens (tertiary/aromatic N) is 1. The number of ether oxygens (including phenoxy) is 3. The lowest BCUT2D eigenvalue weighted by molar-refractivity contribution is -0.104. The Labute approximate surface area is 148 Å². The van der Waals surface area contributed by atoms with Gasteiger partial charge in [-0.3, -0.25) is 0 Å². The summed E-state index contributed by atoms with van der Waals surface area (Å²) in [6.45, 7) is 2.50. The van der Waals surface area contributed by atoms with Crippen molar-refractivity contribution in [2.45, 2.75) is 25.6 Å². The van der Waals surface area contributed by atoms with Crippen LogP contribution in [0.2, 0.25) is 0 Å². The smallest absolute Gasteiger partial charge is 0.200 e. The lowest BCUT2D eigenvalue weighted by atomic mass is 9.85. The topological polar surface area (TPSA) is 51.5 Å². The third kappa shape index (κ3) is 3.67. The van der Waals surface area contributed by atoms with Gasteiger partial charge in [-0.2, -0.15) is 5.26 Å². The molecule has 1 aliphatic heterocycles. The van der Waals surface area contributed by atoms with E-state index in [1.165, 1.54) is 0 Å². The number of allylic oxidation sites excluding steroid dienone is 1. The van der Waals surface area contributed by atoms with Crippen LogP contribution in [0.5, 0.6) is 5.75 Å². The molecule has 0 bridgehead atoms. The molecule has 0 amide bonds. The number of rotatable bonds is 5. The molecule has 0 saturated heterocycles. The van der Waals surface area contributed by atoms with E-state index in [2.05, 4.69) is 6.07 Å². The molecule has 0 fully saturated rings. The van der Waals surface area contributed by atoms with E-state index < -0.39 is 0 Å². The van der Waals surface area contributed by atoms with Crippen LogP contribution in [-0.2, 0) is 9.47 Å². The molecule has 0 spiro atoms. The first-order valence-electron chi connectivity index (χ1n) is 8.38. The number of nitriles is 1. The maximum absolute atomic E-state index is 9.82. The predicted molar refractivity (Wildman–Crippen MR) is 95.8 cm³/mol. The Morgan fingerprint density at radius 3 is 2.44 bits per heavy atom. The van der Waals surface area contributed by atoms with Crippen LogP contribution in [0.1, 0.15) is 30.4 Å². The second-order valence-electron chi connectivity index (χ2n) is 5.78. The Kier molecular flexibility index (Phi) is 5.37. The summed E-state index contributed by atoms with van der Waals surface area (Å²) in [4.78, 5) is 0. The summed E-state index contributed by atoms with van der Waals surface area (Å²) < 4.78 is 17.0. The summed E-state index contributed by atoms with van der Waals surface area (Å²) >= 11 is 0. The van der Waals surface area contributed by atoms with Gasteiger partial charge in [0.25, 0.3) is 0 Å². The highest BCUT2D eigenvalue weighted by Crippen LogP contribution is 2.41. The van der Waals surface area contributed by atoms with Gasteiger partial charge in [0.05, 0.1) is 18.8 Å². The van der Waals surface area contributed by atoms with Crippen molar-refractivity contribution < 1.29 is 14.2 Å². The summed E-state index contributed by atoms with van der Waals surface area (Å²) in [5, 5.41) is 9.82. The molecule has 0 saturated carbocycles. The third-order valence-electron chi connectivity index (χ3n) is 4.30. The van der Waals surface area contributed by atoms with Gasteiger partial charge in [-0.05, 0) is 24.6 Å². The largest absolute Gasteiger partial charge is 0.497 e. The molecule has 128 valence electrons. The van der Waals surface area contributed by atoms with Crippen molar-refractivity contribution >= 4 is 5.76 Å². The minimum Gasteiger partial charge on any atom is -0.497 e. The molecule has 2 aromatic rings. The minimum absolute atomic E-state index is 0.0728. The predicted octanol–water partition coefficient (Wildman–Crippen LogP) is 4.50. The lowest BCUT2D eigenvalue weighted by Gasteiger charge is -2.32. The fourth-order valence-corrected chi connectivity index (χ4v) is 3.08. The van der Waals surface area contributed by atoms with Crippen molar-refractivity contribution in [1.29, 1.82) is 5.26 Å². The zero-order valence-corrected chi connectivity index (χ0v) is 14.4. The maximum Gasteiger partial charge on any atom is 0.200 e. The van der Waals surface area contributed by atoms with Crippen LogP contribution < -0.4 is 4.74 Å². The van der Waals surface area contributed by atoms with Crippen LogP contribution in [-0.4, -0.2) is 20.0 Å². The van der Waals surface area contributed by atoms with Crippen LogP contribution >= 0.6 is 0 Å². The normalized spacial score (nSPS) is 19.9. The molecule has 0 radical (unpaired) electrons. The van der Waals surface area contributed by atoms with Gasteiger partial charge in [-0.1, -0.05) is 42.5 Å². The van der Waals surface area contributed by atoms with Gasteiger partial charge in [0.1, 0.15) is 11.5 Å². The Morgan fingerprint density at radius 1 is 1.12 bits per heavy atom. The Morgan fingerprint density at radius 2 is 1.84 bits per heavy atom. The second-order valence-corrected chi connectivity index (χ2v) is 5.78. The standard InChI is InChI=1S/C21H21NO3/c1-3-24-20-13-18(15-9-11-17(23-2)12-10-15)19(14-22)21(25-20)16-7-5-4-6-8-16/h4-12,18,20H,3,13H2,1-2H3/t18-,20+/m1/s1. The van der Waals surface area contributed by atoms with Crippen molar-refractivity contribution in [2.24, 2.45) is 0 Å². The number of hydrogen-bond donors (Lipinski definition) is 0. The monoisotopic (exact) mass is 335 g/mol. The number of methoxy groups -OCH3 is 1. The molecule has 0 aromatic heterocycles. The van der Waals surface area contributed by atoms with E-state index >= 15 is 0 Å². The van der Waals surface area contributed by atoms with E-state index in [0.717, 1.165) is 16.9 Å². The quantitative estimate of drug-likeness (QED) is 0.807. The average Bonchev–Trinajstić information content (AvgIpc) is 2.68. The molecular formula is C21H21NO3. The molecule has 0 aliphatic carbocycles. The molecule has 1 aliphatic rings. The van der Waals surface area contributed by atoms with Crippen molar-refractivity contribution in [3.05, 3.63) is 71.3 Å². The van der Waals surface area contributed by atoms with Gasteiger partial charge in [0.15, 0.2) is 0 Å². The molecule has 1 heterocycles. The molecule has 3 rings (SSSR count). The molecule has 25 heavy (non-hydrogen) atoms. The fraction of sp³-hybridized carbons (Fsp3) is 0.286. The summed E-state index contributed by atoms with van der Waals surface area (Å²) in [5.41, 5.74) is 2.58. The Balaban J connectivity index is 2.05. The summed E-state index contributed by atoms with van der Waals surface area (Å²) in [6, 6.07) is 19.9. The van der Waals surface area contributed by atoms with E-state index in [4.69, 9.17) is 14.2 Å². The Bertz CT molecular complexity index is 775. The second kappa shape index (κ2) is 7.87. The maximum atomic E-state index is 9.82. The highest BCUT2D eigenvalue weighted by Gasteiger charge is 2.33. The highest BCUT2D eigenvalue weighted by atomic mass is 16.7. The zero-order chi connectivity index (χ0) is 17.6.